The van der Waals surface area contributed by atoms with E-state index >= 15 is 0 Å². The molecule has 0 bridgehead atoms. The number of hydrogen-bond acceptors (Lipinski definition) is 3. The summed E-state index contributed by atoms with van der Waals surface area (Å²) in [7, 11) is 0. The summed E-state index contributed by atoms with van der Waals surface area (Å²) in [4.78, 5) is 23.8. The van der Waals surface area contributed by atoms with Crippen LogP contribution in [-0.2, 0) is 4.79 Å². The van der Waals surface area contributed by atoms with Crippen LogP contribution in [-0.4, -0.2) is 16.9 Å². The Kier molecular flexibility index (Phi) is 3.19. The molecule has 84 valence electrons. The highest BCUT2D eigenvalue weighted by atomic mass is 32.1. The topological polar surface area (TPSA) is 54.4 Å². The number of carboxylic acids is 1. The average molecular weight is 236 g/mol. The predicted molar refractivity (Wildman–Crippen MR) is 61.6 cm³/mol. The van der Waals surface area contributed by atoms with Crippen molar-refractivity contribution in [3.05, 3.63) is 34.5 Å². The molecule has 0 amide bonds. The van der Waals surface area contributed by atoms with Gasteiger partial charge in [0.15, 0.2) is 5.78 Å². The first-order chi connectivity index (χ1) is 7.70. The molecule has 0 saturated carbocycles. The number of hydrogen-bond donors (Lipinski definition) is 1. The van der Waals surface area contributed by atoms with Gasteiger partial charge in [-0.1, -0.05) is 18.2 Å². The molecule has 1 heterocycles. The Morgan fingerprint density at radius 2 is 1.94 bits per heavy atom. The lowest BCUT2D eigenvalue weighted by Crippen LogP contribution is -2.30. The molecule has 0 saturated heterocycles. The Labute approximate surface area is 97.4 Å². The highest BCUT2D eigenvalue weighted by molar-refractivity contribution is 7.12. The molecule has 0 aromatic carbocycles. The molecule has 0 spiro atoms. The van der Waals surface area contributed by atoms with Crippen molar-refractivity contribution in [1.82, 2.24) is 0 Å². The van der Waals surface area contributed by atoms with E-state index in [9.17, 15) is 9.59 Å². The highest BCUT2D eigenvalue weighted by Gasteiger charge is 2.34. The summed E-state index contributed by atoms with van der Waals surface area (Å²) in [6, 6.07) is 3.57. The molecule has 2 atom stereocenters. The summed E-state index contributed by atoms with van der Waals surface area (Å²) in [5.74, 6) is -1.88. The summed E-state index contributed by atoms with van der Waals surface area (Å²) in [5, 5.41) is 10.9. The largest absolute Gasteiger partial charge is 0.481 e. The van der Waals surface area contributed by atoms with E-state index in [1.807, 2.05) is 23.6 Å². The van der Waals surface area contributed by atoms with Crippen LogP contribution >= 0.6 is 11.3 Å². The summed E-state index contributed by atoms with van der Waals surface area (Å²) < 4.78 is 0. The van der Waals surface area contributed by atoms with Crippen molar-refractivity contribution < 1.29 is 14.7 Å². The first-order valence-electron chi connectivity index (χ1n) is 5.15. The predicted octanol–water partition coefficient (Wildman–Crippen LogP) is 2.60. The highest BCUT2D eigenvalue weighted by Crippen LogP contribution is 2.30. The van der Waals surface area contributed by atoms with Gasteiger partial charge in [0.05, 0.1) is 10.8 Å². The minimum Gasteiger partial charge on any atom is -0.481 e. The molecule has 4 heteroatoms. The fraction of sp³-hybridized carbons (Fsp3) is 0.333. The molecular formula is C12H12O3S. The van der Waals surface area contributed by atoms with Crippen LogP contribution in [0.4, 0.5) is 0 Å². The van der Waals surface area contributed by atoms with E-state index in [2.05, 4.69) is 0 Å². The molecule has 0 radical (unpaired) electrons. The Bertz CT molecular complexity index is 419. The molecule has 1 aliphatic rings. The van der Waals surface area contributed by atoms with Gasteiger partial charge < -0.3 is 5.11 Å². The number of aliphatic carboxylic acids is 1. The Morgan fingerprint density at radius 1 is 1.25 bits per heavy atom. The lowest BCUT2D eigenvalue weighted by atomic mass is 9.80. The van der Waals surface area contributed by atoms with Crippen LogP contribution in [0.3, 0.4) is 0 Å². The summed E-state index contributed by atoms with van der Waals surface area (Å²) >= 11 is 1.37. The number of ketones is 1. The maximum absolute atomic E-state index is 12.1. The second kappa shape index (κ2) is 4.61. The van der Waals surface area contributed by atoms with Crippen molar-refractivity contribution in [3.8, 4) is 0 Å². The summed E-state index contributed by atoms with van der Waals surface area (Å²) in [6.45, 7) is 0. The van der Waals surface area contributed by atoms with Gasteiger partial charge in [0.2, 0.25) is 0 Å². The Hall–Kier alpha value is -1.42. The van der Waals surface area contributed by atoms with E-state index in [-0.39, 0.29) is 5.78 Å². The molecular weight excluding hydrogens is 224 g/mol. The van der Waals surface area contributed by atoms with Gasteiger partial charge in [0.25, 0.3) is 0 Å². The smallest absolute Gasteiger partial charge is 0.307 e. The molecule has 1 aromatic rings. The van der Waals surface area contributed by atoms with Crippen molar-refractivity contribution >= 4 is 23.1 Å². The lowest BCUT2D eigenvalue weighted by molar-refractivity contribution is -0.143. The number of thiophene rings is 1. The number of Topliss-reactive ketones (excluding diaryl/α,β-unsaturated/α-hetero) is 1. The second-order valence-electron chi connectivity index (χ2n) is 3.84. The van der Waals surface area contributed by atoms with E-state index in [1.165, 1.54) is 11.3 Å². The van der Waals surface area contributed by atoms with Crippen molar-refractivity contribution in [3.63, 3.8) is 0 Å². The van der Waals surface area contributed by atoms with Crippen LogP contribution in [0, 0.1) is 11.8 Å². The Balaban J connectivity index is 2.22. The third-order valence-electron chi connectivity index (χ3n) is 2.85. The van der Waals surface area contributed by atoms with Crippen LogP contribution in [0.15, 0.2) is 29.7 Å². The van der Waals surface area contributed by atoms with Crippen molar-refractivity contribution in [2.24, 2.45) is 11.8 Å². The minimum atomic E-state index is -0.876. The maximum Gasteiger partial charge on any atom is 0.307 e. The zero-order valence-electron chi connectivity index (χ0n) is 8.63. The minimum absolute atomic E-state index is 0.0354. The van der Waals surface area contributed by atoms with E-state index < -0.39 is 17.8 Å². The van der Waals surface area contributed by atoms with Crippen LogP contribution in [0.1, 0.15) is 22.5 Å². The summed E-state index contributed by atoms with van der Waals surface area (Å²) in [6.07, 6.45) is 4.73. The SMILES string of the molecule is O=C(O)C1CC=CCC1C(=O)c1cccs1. The zero-order chi connectivity index (χ0) is 11.5. The molecule has 2 rings (SSSR count). The molecule has 1 aliphatic carbocycles. The van der Waals surface area contributed by atoms with Gasteiger partial charge in [-0.2, -0.15) is 0 Å². The Morgan fingerprint density at radius 3 is 2.50 bits per heavy atom. The fourth-order valence-electron chi connectivity index (χ4n) is 1.98. The van der Waals surface area contributed by atoms with Gasteiger partial charge in [-0.15, -0.1) is 11.3 Å². The quantitative estimate of drug-likeness (QED) is 0.648. The third-order valence-corrected chi connectivity index (χ3v) is 3.73. The van der Waals surface area contributed by atoms with Crippen LogP contribution in [0.2, 0.25) is 0 Å². The number of allylic oxidation sites excluding steroid dienone is 2. The zero-order valence-corrected chi connectivity index (χ0v) is 9.44. The second-order valence-corrected chi connectivity index (χ2v) is 4.78. The molecule has 3 nitrogen and oxygen atoms in total. The van der Waals surface area contributed by atoms with E-state index in [0.717, 1.165) is 0 Å². The first kappa shape index (κ1) is 11.1. The van der Waals surface area contributed by atoms with E-state index in [1.54, 1.807) is 6.07 Å². The number of rotatable bonds is 3. The van der Waals surface area contributed by atoms with Gasteiger partial charge in [-0.3, -0.25) is 9.59 Å². The van der Waals surface area contributed by atoms with Gasteiger partial charge in [0, 0.05) is 5.92 Å². The van der Waals surface area contributed by atoms with E-state index in [0.29, 0.717) is 17.7 Å². The number of carbonyl (C=O) groups is 2. The number of carbonyl (C=O) groups excluding carboxylic acids is 1. The molecule has 0 aliphatic heterocycles. The van der Waals surface area contributed by atoms with Crippen LogP contribution in [0.25, 0.3) is 0 Å². The lowest BCUT2D eigenvalue weighted by Gasteiger charge is -2.23. The number of carboxylic acid groups (broad SMARTS) is 1. The van der Waals surface area contributed by atoms with Crippen molar-refractivity contribution in [2.75, 3.05) is 0 Å². The van der Waals surface area contributed by atoms with Gasteiger partial charge in [-0.05, 0) is 24.3 Å². The molecule has 16 heavy (non-hydrogen) atoms. The first-order valence-corrected chi connectivity index (χ1v) is 6.03. The van der Waals surface area contributed by atoms with Crippen LogP contribution < -0.4 is 0 Å². The van der Waals surface area contributed by atoms with Gasteiger partial charge in [-0.25, -0.2) is 0 Å². The molecule has 0 fully saturated rings. The van der Waals surface area contributed by atoms with Gasteiger partial charge in [0.1, 0.15) is 0 Å². The maximum atomic E-state index is 12.1. The molecule has 2 unspecified atom stereocenters. The van der Waals surface area contributed by atoms with Crippen molar-refractivity contribution in [2.45, 2.75) is 12.8 Å². The van der Waals surface area contributed by atoms with E-state index in [4.69, 9.17) is 5.11 Å². The average Bonchev–Trinajstić information content (AvgIpc) is 2.81. The van der Waals surface area contributed by atoms with Gasteiger partial charge >= 0.3 is 5.97 Å². The third kappa shape index (κ3) is 2.07. The molecule has 1 aromatic heterocycles. The molecule has 1 N–H and O–H groups in total. The normalized spacial score (nSPS) is 24.2. The monoisotopic (exact) mass is 236 g/mol. The van der Waals surface area contributed by atoms with Crippen LogP contribution in [0.5, 0.6) is 0 Å². The standard InChI is InChI=1S/C12H12O3S/c13-11(10-6-3-7-16-10)8-4-1-2-5-9(8)12(14)15/h1-3,6-9H,4-5H2,(H,14,15). The summed E-state index contributed by atoms with van der Waals surface area (Å²) in [5.41, 5.74) is 0. The fourth-order valence-corrected chi connectivity index (χ4v) is 2.71. The van der Waals surface area contributed by atoms with Crippen molar-refractivity contribution in [1.29, 1.82) is 0 Å².